The minimum Gasteiger partial charge on any atom is -0.456 e. The minimum atomic E-state index is -2.60. The Kier molecular flexibility index (Phi) is 20.1. The maximum absolute atomic E-state index is 13.2. The molecule has 1 aliphatic rings. The average Bonchev–Trinajstić information content (AvgIpc) is 1.72. The van der Waals surface area contributed by atoms with Gasteiger partial charge in [-0.05, 0) is 249 Å². The van der Waals surface area contributed by atoms with E-state index in [0.717, 1.165) is 186 Å². The Morgan fingerprint density at radius 2 is 0.595 bits per heavy atom. The molecule has 116 heavy (non-hydrogen) atoms. The number of nitrogens with zero attached hydrogens (tertiary/aromatic N) is 4. The average molecular weight is 1620 g/mol. The highest BCUT2D eigenvalue weighted by Crippen LogP contribution is 2.47. The summed E-state index contributed by atoms with van der Waals surface area (Å²) in [6.07, 6.45) is 0. The van der Waals surface area contributed by atoms with Crippen molar-refractivity contribution in [2.24, 2.45) is 0 Å². The third-order valence-electron chi connectivity index (χ3n) is 22.4. The molecule has 0 amide bonds. The van der Waals surface area contributed by atoms with Gasteiger partial charge in [0.1, 0.15) is 50.9 Å². The van der Waals surface area contributed by atoms with Crippen LogP contribution in [0.1, 0.15) is 27.7 Å². The van der Waals surface area contributed by atoms with Crippen LogP contribution >= 0.6 is 40.2 Å². The van der Waals surface area contributed by atoms with E-state index in [4.69, 9.17) is 39.7 Å². The second-order valence-electron chi connectivity index (χ2n) is 32.5. The third-order valence-corrected chi connectivity index (χ3v) is 28.6. The molecule has 0 unspecified atom stereocenters. The molecule has 0 spiro atoms. The summed E-state index contributed by atoms with van der Waals surface area (Å²) < 4.78 is 77.3. The van der Waals surface area contributed by atoms with E-state index >= 15 is 0 Å². The first-order chi connectivity index (χ1) is 55.4. The highest BCUT2D eigenvalue weighted by Gasteiger charge is 2.51. The van der Waals surface area contributed by atoms with Gasteiger partial charge in [0.25, 0.3) is 0 Å². The predicted octanol–water partition coefficient (Wildman–Crippen LogP) is 24.7. The SMILES string of the molecule is CC1(C)OB(c2ccc(-c3ccc(-c4cc(P(C)(C)=O)cc(P(C)(C)=O)c4)c4ccccc34)cc2)OC1(C)C.CP(C)(=O)c1cc(-c2ccc(-c3ccc(-c4nc(-c5ccc6c(c5)oc5ccccc56)c5ccccc5n4)cc3)c3ccccc23)cc(P(C)(C)=O)c1.Clc1nc(-c2ccc3c(c2)oc2ccccc23)c2ccccc2n1. The zero-order chi connectivity index (χ0) is 81.0. The van der Waals surface area contributed by atoms with Crippen LogP contribution in [0.25, 0.3) is 166 Å². The van der Waals surface area contributed by atoms with Gasteiger partial charge in [-0.1, -0.05) is 206 Å². The standard InChI is InChI=1S/C46H36N2O3P2.C32H37BO4P2.C20H11ClN2O/c1-52(2,49)33-25-32(26-34(28-33)53(3,4)50)36-24-23-35(37-11-5-6-12-38(36)37)29-17-19-30(20-18-29)46-47-42-15-9-7-14-41(42)45(48-46)31-21-22-40-39-13-8-10-16-43(39)51-44(40)27-31;1-31(2)32(3,4)37-33(36-31)24-15-13-22(14-16-24)27-17-18-28(30-12-10-9-11-29(27)30)23-19-25(38(5,6)34)21-26(20-23)39(7,8)35;21-20-22-16-7-3-1-6-15(16)19(23-20)12-9-10-14-13-5-2-4-8-17(13)24-18(14)11-12/h5-28H,1-4H3;9-21H,1-8H3;1-11H. The van der Waals surface area contributed by atoms with Crippen molar-refractivity contribution >= 4 is 161 Å². The molecule has 14 aromatic carbocycles. The van der Waals surface area contributed by atoms with Gasteiger partial charge in [0.05, 0.1) is 33.6 Å². The molecule has 1 fully saturated rings. The molecule has 4 aromatic heterocycles. The predicted molar refractivity (Wildman–Crippen MR) is 490 cm³/mol. The second-order valence-corrected chi connectivity index (χ2v) is 45.7. The Balaban J connectivity index is 0.000000134. The van der Waals surface area contributed by atoms with Crippen molar-refractivity contribution < 1.29 is 36.4 Å². The van der Waals surface area contributed by atoms with Crippen molar-refractivity contribution in [1.29, 1.82) is 0 Å². The molecule has 12 nitrogen and oxygen atoms in total. The van der Waals surface area contributed by atoms with Crippen molar-refractivity contribution in [3.05, 3.63) is 296 Å². The number of hydrogen-bond acceptors (Lipinski definition) is 12. The summed E-state index contributed by atoms with van der Waals surface area (Å²) in [5, 5.41) is 14.0. The van der Waals surface area contributed by atoms with Crippen molar-refractivity contribution in [1.82, 2.24) is 19.9 Å². The fraction of sp³-hybridized carbons (Fsp3) is 0.143. The lowest BCUT2D eigenvalue weighted by Gasteiger charge is -2.32. The Morgan fingerprint density at radius 1 is 0.284 bits per heavy atom. The second kappa shape index (κ2) is 30.0. The molecule has 0 saturated carbocycles. The lowest BCUT2D eigenvalue weighted by Crippen LogP contribution is -2.41. The van der Waals surface area contributed by atoms with Gasteiger partial charge >= 0.3 is 7.12 Å². The van der Waals surface area contributed by atoms with Gasteiger partial charge in [0.15, 0.2) is 5.82 Å². The number of furan rings is 2. The Labute approximate surface area is 680 Å². The Morgan fingerprint density at radius 3 is 0.991 bits per heavy atom. The maximum Gasteiger partial charge on any atom is 0.494 e. The monoisotopic (exact) mass is 1610 g/mol. The van der Waals surface area contributed by atoms with Crippen LogP contribution in [-0.4, -0.2) is 91.6 Å². The molecule has 0 radical (unpaired) electrons. The van der Waals surface area contributed by atoms with Gasteiger partial charge in [0, 0.05) is 70.2 Å². The van der Waals surface area contributed by atoms with Crippen molar-refractivity contribution in [3.63, 3.8) is 0 Å². The Bertz CT molecular complexity index is 7100. The van der Waals surface area contributed by atoms with Crippen LogP contribution in [0.15, 0.2) is 300 Å². The smallest absolute Gasteiger partial charge is 0.456 e. The first-order valence-electron chi connectivity index (χ1n) is 38.5. The first-order valence-corrected chi connectivity index (χ1v) is 49.3. The van der Waals surface area contributed by atoms with E-state index in [9.17, 15) is 18.3 Å². The van der Waals surface area contributed by atoms with E-state index in [1.165, 1.54) is 0 Å². The number of aromatic nitrogens is 4. The van der Waals surface area contributed by atoms with Gasteiger partial charge in [-0.25, -0.2) is 19.9 Å². The summed E-state index contributed by atoms with van der Waals surface area (Å²) >= 11 is 6.11. The number of benzene rings is 14. The lowest BCUT2D eigenvalue weighted by atomic mass is 9.78. The summed E-state index contributed by atoms with van der Waals surface area (Å²) in [5.74, 6) is 0.652. The summed E-state index contributed by atoms with van der Waals surface area (Å²) in [6, 6.07) is 98.4. The van der Waals surface area contributed by atoms with Gasteiger partial charge in [-0.2, -0.15) is 0 Å². The van der Waals surface area contributed by atoms with E-state index < -0.39 is 35.7 Å². The van der Waals surface area contributed by atoms with E-state index in [-0.39, 0.29) is 16.5 Å². The molecule has 18 heteroatoms. The molecular formula is C98H84BClN4O8P4. The van der Waals surface area contributed by atoms with Crippen LogP contribution in [0.3, 0.4) is 0 Å². The fourth-order valence-electron chi connectivity index (χ4n) is 15.4. The number of rotatable bonds is 12. The molecule has 19 rings (SSSR count). The normalized spacial score (nSPS) is 13.8. The van der Waals surface area contributed by atoms with Crippen LogP contribution < -0.4 is 26.7 Å². The number of hydrogen-bond donors (Lipinski definition) is 0. The summed E-state index contributed by atoms with van der Waals surface area (Å²) in [6.45, 7) is 22.4. The molecule has 1 saturated heterocycles. The molecule has 18 aromatic rings. The molecule has 574 valence electrons. The van der Waals surface area contributed by atoms with E-state index in [2.05, 4.69) is 195 Å². The zero-order valence-electron chi connectivity index (χ0n) is 66.5. The molecule has 0 aliphatic carbocycles. The van der Waals surface area contributed by atoms with Crippen molar-refractivity contribution in [2.45, 2.75) is 38.9 Å². The van der Waals surface area contributed by atoms with Crippen LogP contribution in [0, 0.1) is 0 Å². The Hall–Kier alpha value is -10.9. The molecule has 0 N–H and O–H groups in total. The largest absolute Gasteiger partial charge is 0.494 e. The number of para-hydroxylation sites is 4. The molecular weight excluding hydrogens is 1530 g/mol. The lowest BCUT2D eigenvalue weighted by molar-refractivity contribution is 0.00578. The highest BCUT2D eigenvalue weighted by molar-refractivity contribution is 7.72. The number of fused-ring (bicyclic) bond motifs is 10. The summed E-state index contributed by atoms with van der Waals surface area (Å²) in [7, 11) is -10.7. The highest BCUT2D eigenvalue weighted by atomic mass is 35.5. The van der Waals surface area contributed by atoms with Crippen LogP contribution in [-0.2, 0) is 27.6 Å². The molecule has 1 aliphatic heterocycles. The van der Waals surface area contributed by atoms with Gasteiger partial charge in [-0.3, -0.25) is 0 Å². The van der Waals surface area contributed by atoms with Crippen molar-refractivity contribution in [2.75, 3.05) is 53.3 Å². The van der Waals surface area contributed by atoms with Crippen LogP contribution in [0.2, 0.25) is 5.28 Å². The van der Waals surface area contributed by atoms with E-state index in [1.807, 2.05) is 133 Å². The van der Waals surface area contributed by atoms with E-state index in [0.29, 0.717) is 5.82 Å². The minimum absolute atomic E-state index is 0.244. The third kappa shape index (κ3) is 15.2. The zero-order valence-corrected chi connectivity index (χ0v) is 70.8. The molecule has 0 atom stereocenters. The topological polar surface area (TPSA) is 165 Å². The van der Waals surface area contributed by atoms with Crippen LogP contribution in [0.5, 0.6) is 0 Å². The molecule has 0 bridgehead atoms. The van der Waals surface area contributed by atoms with Gasteiger partial charge < -0.3 is 36.4 Å². The summed E-state index contributed by atoms with van der Waals surface area (Å²) in [4.78, 5) is 18.9. The fourth-order valence-corrected chi connectivity index (χ4v) is 19.4. The first kappa shape index (κ1) is 77.6. The van der Waals surface area contributed by atoms with Gasteiger partial charge in [-0.15, -0.1) is 0 Å². The van der Waals surface area contributed by atoms with Crippen molar-refractivity contribution in [3.8, 4) is 78.4 Å². The summed E-state index contributed by atoms with van der Waals surface area (Å²) in [5.41, 5.74) is 18.2. The van der Waals surface area contributed by atoms with E-state index in [1.54, 1.807) is 53.3 Å². The van der Waals surface area contributed by atoms with Crippen LogP contribution in [0.4, 0.5) is 0 Å². The molecule has 5 heterocycles. The quantitative estimate of drug-likeness (QED) is 0.0647. The maximum atomic E-state index is 13.2. The number of halogens is 1. The van der Waals surface area contributed by atoms with Gasteiger partial charge in [0.2, 0.25) is 5.28 Å².